The highest BCUT2D eigenvalue weighted by molar-refractivity contribution is 5.82. The fraction of sp³-hybridized carbons (Fsp3) is 0.286. The molecular weight excluding hydrogens is 378 g/mol. The Bertz CT molecular complexity index is 1040. The molecular formula is C28H31N3. The lowest BCUT2D eigenvalue weighted by Crippen LogP contribution is -2.48. The van der Waals surface area contributed by atoms with Crippen LogP contribution in [0.4, 0.5) is 0 Å². The minimum Gasteiger partial charge on any atom is -0.361 e. The number of hydrogen-bond donors (Lipinski definition) is 1. The average molecular weight is 410 g/mol. The molecule has 0 aliphatic carbocycles. The van der Waals surface area contributed by atoms with Crippen LogP contribution in [0.5, 0.6) is 0 Å². The van der Waals surface area contributed by atoms with Crippen LogP contribution in [-0.2, 0) is 6.42 Å². The van der Waals surface area contributed by atoms with Gasteiger partial charge in [0.25, 0.3) is 0 Å². The van der Waals surface area contributed by atoms with Crippen LogP contribution in [0, 0.1) is 0 Å². The number of nitrogens with zero attached hydrogens (tertiary/aromatic N) is 2. The van der Waals surface area contributed by atoms with Crippen molar-refractivity contribution >= 4 is 10.9 Å². The summed E-state index contributed by atoms with van der Waals surface area (Å²) in [6.07, 6.45) is 4.54. The highest BCUT2D eigenvalue weighted by Gasteiger charge is 2.26. The number of H-pyrrole nitrogens is 1. The molecule has 0 unspecified atom stereocenters. The van der Waals surface area contributed by atoms with Crippen molar-refractivity contribution in [3.8, 4) is 0 Å². The molecule has 3 aromatic carbocycles. The lowest BCUT2D eigenvalue weighted by Gasteiger charge is -2.39. The van der Waals surface area contributed by atoms with Gasteiger partial charge in [-0.15, -0.1) is 0 Å². The Kier molecular flexibility index (Phi) is 6.15. The second-order valence-corrected chi connectivity index (χ2v) is 8.56. The third kappa shape index (κ3) is 4.58. The molecule has 4 aromatic rings. The first-order valence-corrected chi connectivity index (χ1v) is 11.5. The van der Waals surface area contributed by atoms with E-state index in [-0.39, 0.29) is 0 Å². The maximum Gasteiger partial charge on any atom is 0.0602 e. The second-order valence-electron chi connectivity index (χ2n) is 8.56. The molecule has 0 atom stereocenters. The smallest absolute Gasteiger partial charge is 0.0602 e. The maximum absolute atomic E-state index is 3.41. The summed E-state index contributed by atoms with van der Waals surface area (Å²) in [5, 5.41) is 1.38. The summed E-state index contributed by atoms with van der Waals surface area (Å²) in [7, 11) is 0. The molecule has 31 heavy (non-hydrogen) atoms. The van der Waals surface area contributed by atoms with Gasteiger partial charge >= 0.3 is 0 Å². The van der Waals surface area contributed by atoms with Gasteiger partial charge in [-0.05, 0) is 42.1 Å². The Labute approximate surface area is 185 Å². The van der Waals surface area contributed by atoms with Crippen LogP contribution in [0.2, 0.25) is 0 Å². The van der Waals surface area contributed by atoms with Crippen molar-refractivity contribution in [2.75, 3.05) is 32.7 Å². The van der Waals surface area contributed by atoms with Crippen molar-refractivity contribution in [3.63, 3.8) is 0 Å². The van der Waals surface area contributed by atoms with E-state index in [1.165, 1.54) is 40.6 Å². The van der Waals surface area contributed by atoms with Crippen molar-refractivity contribution in [2.45, 2.75) is 18.9 Å². The van der Waals surface area contributed by atoms with Crippen molar-refractivity contribution < 1.29 is 0 Å². The Balaban J connectivity index is 1.19. The Morgan fingerprint density at radius 2 is 1.32 bits per heavy atom. The molecule has 1 fully saturated rings. The number of fused-ring (bicyclic) bond motifs is 1. The number of aryl methyl sites for hydroxylation is 1. The van der Waals surface area contributed by atoms with E-state index < -0.39 is 0 Å². The van der Waals surface area contributed by atoms with Crippen LogP contribution < -0.4 is 0 Å². The summed E-state index contributed by atoms with van der Waals surface area (Å²) in [6.45, 7) is 5.69. The number of piperazine rings is 1. The van der Waals surface area contributed by atoms with E-state index in [0.29, 0.717) is 6.04 Å². The zero-order valence-electron chi connectivity index (χ0n) is 18.1. The molecule has 2 heterocycles. The number of aromatic nitrogens is 1. The third-order valence-electron chi connectivity index (χ3n) is 6.60. The maximum atomic E-state index is 3.41. The Morgan fingerprint density at radius 1 is 0.710 bits per heavy atom. The van der Waals surface area contributed by atoms with E-state index in [9.17, 15) is 0 Å². The summed E-state index contributed by atoms with van der Waals surface area (Å²) < 4.78 is 0. The SMILES string of the molecule is c1ccc(C(c2ccccc2)N2CCN(CCCc3c[nH]c4ccccc34)CC2)cc1. The number of rotatable bonds is 7. The third-order valence-corrected chi connectivity index (χ3v) is 6.60. The van der Waals surface area contributed by atoms with Crippen molar-refractivity contribution in [1.82, 2.24) is 14.8 Å². The summed E-state index contributed by atoms with van der Waals surface area (Å²) >= 11 is 0. The molecule has 1 N–H and O–H groups in total. The van der Waals surface area contributed by atoms with Crippen LogP contribution >= 0.6 is 0 Å². The van der Waals surface area contributed by atoms with Crippen LogP contribution in [0.25, 0.3) is 10.9 Å². The molecule has 0 saturated carbocycles. The molecule has 1 aliphatic heterocycles. The van der Waals surface area contributed by atoms with Gasteiger partial charge in [-0.25, -0.2) is 0 Å². The largest absolute Gasteiger partial charge is 0.361 e. The minimum atomic E-state index is 0.343. The van der Waals surface area contributed by atoms with E-state index in [1.54, 1.807) is 0 Å². The van der Waals surface area contributed by atoms with E-state index in [0.717, 1.165) is 32.6 Å². The van der Waals surface area contributed by atoms with E-state index in [2.05, 4.69) is 106 Å². The van der Waals surface area contributed by atoms with E-state index in [4.69, 9.17) is 0 Å². The number of hydrogen-bond acceptors (Lipinski definition) is 2. The molecule has 1 aromatic heterocycles. The normalized spacial score (nSPS) is 15.6. The van der Waals surface area contributed by atoms with Gasteiger partial charge < -0.3 is 9.88 Å². The lowest BCUT2D eigenvalue weighted by molar-refractivity contribution is 0.109. The number of para-hydroxylation sites is 1. The molecule has 1 aliphatic rings. The van der Waals surface area contributed by atoms with E-state index in [1.807, 2.05) is 0 Å². The van der Waals surface area contributed by atoms with Crippen LogP contribution in [0.1, 0.15) is 29.2 Å². The van der Waals surface area contributed by atoms with Gasteiger partial charge in [0, 0.05) is 43.3 Å². The number of aromatic amines is 1. The second kappa shape index (κ2) is 9.51. The molecule has 3 heteroatoms. The summed E-state index contributed by atoms with van der Waals surface area (Å²) in [6, 6.07) is 30.9. The predicted molar refractivity (Wildman–Crippen MR) is 129 cm³/mol. The molecule has 0 amide bonds. The molecule has 0 spiro atoms. The van der Waals surface area contributed by atoms with Gasteiger partial charge in [-0.3, -0.25) is 4.90 Å². The highest BCUT2D eigenvalue weighted by Crippen LogP contribution is 2.29. The van der Waals surface area contributed by atoms with Crippen molar-refractivity contribution in [3.05, 3.63) is 108 Å². The van der Waals surface area contributed by atoms with Gasteiger partial charge in [0.1, 0.15) is 0 Å². The first-order valence-electron chi connectivity index (χ1n) is 11.5. The highest BCUT2D eigenvalue weighted by atomic mass is 15.3. The van der Waals surface area contributed by atoms with Crippen molar-refractivity contribution in [2.24, 2.45) is 0 Å². The first kappa shape index (κ1) is 20.0. The van der Waals surface area contributed by atoms with Gasteiger partial charge in [-0.2, -0.15) is 0 Å². The van der Waals surface area contributed by atoms with Crippen LogP contribution in [0.3, 0.4) is 0 Å². The van der Waals surface area contributed by atoms with Crippen molar-refractivity contribution in [1.29, 1.82) is 0 Å². The molecule has 3 nitrogen and oxygen atoms in total. The van der Waals surface area contributed by atoms with Crippen LogP contribution in [0.15, 0.2) is 91.1 Å². The number of benzene rings is 3. The average Bonchev–Trinajstić information content (AvgIpc) is 3.25. The molecule has 5 rings (SSSR count). The van der Waals surface area contributed by atoms with E-state index >= 15 is 0 Å². The van der Waals surface area contributed by atoms with Gasteiger partial charge in [0.2, 0.25) is 0 Å². The quantitative estimate of drug-likeness (QED) is 0.435. The molecule has 1 saturated heterocycles. The summed E-state index contributed by atoms with van der Waals surface area (Å²) in [5.74, 6) is 0. The summed E-state index contributed by atoms with van der Waals surface area (Å²) in [5.41, 5.74) is 5.48. The lowest BCUT2D eigenvalue weighted by atomic mass is 9.96. The van der Waals surface area contributed by atoms with Gasteiger partial charge in [-0.1, -0.05) is 78.9 Å². The molecule has 0 bridgehead atoms. The van der Waals surface area contributed by atoms with Gasteiger partial charge in [0.15, 0.2) is 0 Å². The van der Waals surface area contributed by atoms with Gasteiger partial charge in [0.05, 0.1) is 6.04 Å². The molecule has 158 valence electrons. The zero-order valence-corrected chi connectivity index (χ0v) is 18.1. The minimum absolute atomic E-state index is 0.343. The summed E-state index contributed by atoms with van der Waals surface area (Å²) in [4.78, 5) is 8.70. The number of nitrogens with one attached hydrogen (secondary N) is 1. The fourth-order valence-corrected chi connectivity index (χ4v) is 4.96. The molecule has 0 radical (unpaired) electrons. The monoisotopic (exact) mass is 409 g/mol. The Hall–Kier alpha value is -2.88. The fourth-order valence-electron chi connectivity index (χ4n) is 4.96. The first-order chi connectivity index (χ1) is 15.4. The standard InChI is InChI=1S/C28H31N3/c1-3-10-23(11-4-1)28(24-12-5-2-6-13-24)31-20-18-30(19-21-31)17-9-14-25-22-29-27-16-8-7-15-26(25)27/h1-8,10-13,15-16,22,28-29H,9,14,17-21H2. The zero-order chi connectivity index (χ0) is 20.9. The predicted octanol–water partition coefficient (Wildman–Crippen LogP) is 5.51. The Morgan fingerprint density at radius 3 is 2.00 bits per heavy atom. The van der Waals surface area contributed by atoms with Crippen LogP contribution in [-0.4, -0.2) is 47.5 Å². The topological polar surface area (TPSA) is 22.3 Å².